The molecule has 0 saturated carbocycles. The third-order valence-corrected chi connectivity index (χ3v) is 1.51. The van der Waals surface area contributed by atoms with Gasteiger partial charge < -0.3 is 16.4 Å². The third kappa shape index (κ3) is 9.21. The second kappa shape index (κ2) is 5.70. The van der Waals surface area contributed by atoms with E-state index in [9.17, 15) is 9.59 Å². The second-order valence-corrected chi connectivity index (χ2v) is 4.66. The van der Waals surface area contributed by atoms with Crippen molar-refractivity contribution in [3.8, 4) is 0 Å². The third-order valence-electron chi connectivity index (χ3n) is 1.51. The van der Waals surface area contributed by atoms with Crippen LogP contribution in [0.3, 0.4) is 0 Å². The molecule has 5 heteroatoms. The Balaban J connectivity index is 3.77. The standard InChI is InChI=1S/C10H21N3O2/c1-7(2)13-9(15)6-12-8(14)5-10(3,4)11/h7H,5-6,11H2,1-4H3,(H,12,14)(H,13,15). The topological polar surface area (TPSA) is 84.2 Å². The number of nitrogens with one attached hydrogen (secondary N) is 2. The van der Waals surface area contributed by atoms with Gasteiger partial charge in [-0.05, 0) is 27.7 Å². The number of hydrogen-bond acceptors (Lipinski definition) is 3. The van der Waals surface area contributed by atoms with Crippen LogP contribution in [-0.2, 0) is 9.59 Å². The van der Waals surface area contributed by atoms with Crippen molar-refractivity contribution in [2.75, 3.05) is 6.54 Å². The van der Waals surface area contributed by atoms with Gasteiger partial charge in [0.1, 0.15) is 0 Å². The highest BCUT2D eigenvalue weighted by atomic mass is 16.2. The summed E-state index contributed by atoms with van der Waals surface area (Å²) in [6, 6.07) is 0.0837. The Labute approximate surface area is 90.8 Å². The summed E-state index contributed by atoms with van der Waals surface area (Å²) in [4.78, 5) is 22.4. The minimum atomic E-state index is -0.543. The fraction of sp³-hybridized carbons (Fsp3) is 0.800. The number of hydrogen-bond donors (Lipinski definition) is 3. The molecule has 15 heavy (non-hydrogen) atoms. The monoisotopic (exact) mass is 215 g/mol. The molecular formula is C10H21N3O2. The molecule has 2 amide bonds. The van der Waals surface area contributed by atoms with Gasteiger partial charge in [-0.2, -0.15) is 0 Å². The molecule has 0 saturated heterocycles. The Morgan fingerprint density at radius 3 is 2.20 bits per heavy atom. The van der Waals surface area contributed by atoms with Crippen LogP contribution in [0.4, 0.5) is 0 Å². The lowest BCUT2D eigenvalue weighted by molar-refractivity contribution is -0.126. The number of carbonyl (C=O) groups excluding carboxylic acids is 2. The maximum absolute atomic E-state index is 11.3. The van der Waals surface area contributed by atoms with Crippen molar-refractivity contribution in [2.24, 2.45) is 5.73 Å². The van der Waals surface area contributed by atoms with E-state index in [1.54, 1.807) is 13.8 Å². The van der Waals surface area contributed by atoms with Gasteiger partial charge >= 0.3 is 0 Å². The maximum atomic E-state index is 11.3. The van der Waals surface area contributed by atoms with Crippen molar-refractivity contribution in [3.05, 3.63) is 0 Å². The summed E-state index contributed by atoms with van der Waals surface area (Å²) in [5.41, 5.74) is 5.12. The van der Waals surface area contributed by atoms with Crippen molar-refractivity contribution in [1.82, 2.24) is 10.6 Å². The Morgan fingerprint density at radius 2 is 1.80 bits per heavy atom. The molecule has 0 unspecified atom stereocenters. The molecule has 4 N–H and O–H groups in total. The first kappa shape index (κ1) is 13.9. The van der Waals surface area contributed by atoms with Gasteiger partial charge in [-0.15, -0.1) is 0 Å². The number of nitrogens with two attached hydrogens (primary N) is 1. The summed E-state index contributed by atoms with van der Waals surface area (Å²) in [6.07, 6.45) is 0.210. The summed E-state index contributed by atoms with van der Waals surface area (Å²) < 4.78 is 0. The lowest BCUT2D eigenvalue weighted by Gasteiger charge is -2.17. The highest BCUT2D eigenvalue weighted by Gasteiger charge is 2.16. The van der Waals surface area contributed by atoms with Gasteiger partial charge in [0.15, 0.2) is 0 Å². The molecule has 0 aromatic carbocycles. The van der Waals surface area contributed by atoms with Gasteiger partial charge in [0.2, 0.25) is 11.8 Å². The van der Waals surface area contributed by atoms with Crippen LogP contribution in [-0.4, -0.2) is 29.9 Å². The molecule has 0 aliphatic rings. The summed E-state index contributed by atoms with van der Waals surface area (Å²) >= 11 is 0. The van der Waals surface area contributed by atoms with E-state index >= 15 is 0 Å². The number of amides is 2. The van der Waals surface area contributed by atoms with Crippen molar-refractivity contribution < 1.29 is 9.59 Å². The lowest BCUT2D eigenvalue weighted by Crippen LogP contribution is -2.43. The Morgan fingerprint density at radius 1 is 1.27 bits per heavy atom. The zero-order valence-corrected chi connectivity index (χ0v) is 9.89. The Kier molecular flexibility index (Phi) is 5.28. The quantitative estimate of drug-likeness (QED) is 0.591. The molecule has 88 valence electrons. The van der Waals surface area contributed by atoms with Crippen LogP contribution in [0.5, 0.6) is 0 Å². The van der Waals surface area contributed by atoms with Crippen LogP contribution >= 0.6 is 0 Å². The van der Waals surface area contributed by atoms with E-state index in [-0.39, 0.29) is 30.8 Å². The first-order valence-corrected chi connectivity index (χ1v) is 5.05. The molecule has 0 heterocycles. The normalized spacial score (nSPS) is 11.3. The van der Waals surface area contributed by atoms with Gasteiger partial charge in [0.05, 0.1) is 6.54 Å². The van der Waals surface area contributed by atoms with Crippen LogP contribution in [0.15, 0.2) is 0 Å². The lowest BCUT2D eigenvalue weighted by atomic mass is 10.0. The summed E-state index contributed by atoms with van der Waals surface area (Å²) in [5, 5.41) is 5.19. The Bertz CT molecular complexity index is 231. The van der Waals surface area contributed by atoms with Crippen molar-refractivity contribution in [1.29, 1.82) is 0 Å². The van der Waals surface area contributed by atoms with E-state index < -0.39 is 5.54 Å². The fourth-order valence-electron chi connectivity index (χ4n) is 1.03. The highest BCUT2D eigenvalue weighted by molar-refractivity contribution is 5.85. The molecule has 0 bridgehead atoms. The predicted octanol–water partition coefficient (Wildman–Crippen LogP) is -0.245. The van der Waals surface area contributed by atoms with E-state index in [2.05, 4.69) is 10.6 Å². The average molecular weight is 215 g/mol. The van der Waals surface area contributed by atoms with Gasteiger partial charge in [-0.1, -0.05) is 0 Å². The van der Waals surface area contributed by atoms with Crippen molar-refractivity contribution in [2.45, 2.75) is 45.7 Å². The van der Waals surface area contributed by atoms with E-state index in [1.165, 1.54) is 0 Å². The smallest absolute Gasteiger partial charge is 0.239 e. The molecule has 5 nitrogen and oxygen atoms in total. The zero-order chi connectivity index (χ0) is 12.1. The van der Waals surface area contributed by atoms with Crippen LogP contribution in [0.1, 0.15) is 34.1 Å². The van der Waals surface area contributed by atoms with Gasteiger partial charge in [0.25, 0.3) is 0 Å². The van der Waals surface area contributed by atoms with E-state index in [0.717, 1.165) is 0 Å². The first-order chi connectivity index (χ1) is 6.70. The second-order valence-electron chi connectivity index (χ2n) is 4.66. The molecule has 0 fully saturated rings. The molecule has 0 aliphatic carbocycles. The SMILES string of the molecule is CC(C)NC(=O)CNC(=O)CC(C)(C)N. The van der Waals surface area contributed by atoms with Crippen LogP contribution in [0.2, 0.25) is 0 Å². The van der Waals surface area contributed by atoms with Crippen molar-refractivity contribution >= 4 is 11.8 Å². The average Bonchev–Trinajstić information content (AvgIpc) is 1.96. The van der Waals surface area contributed by atoms with Gasteiger partial charge in [0, 0.05) is 18.0 Å². The van der Waals surface area contributed by atoms with Crippen LogP contribution in [0, 0.1) is 0 Å². The maximum Gasteiger partial charge on any atom is 0.239 e. The minimum Gasteiger partial charge on any atom is -0.352 e. The molecule has 0 aliphatic heterocycles. The predicted molar refractivity (Wildman–Crippen MR) is 59.2 cm³/mol. The molecule has 0 aromatic rings. The molecule has 0 spiro atoms. The fourth-order valence-corrected chi connectivity index (χ4v) is 1.03. The zero-order valence-electron chi connectivity index (χ0n) is 9.89. The summed E-state index contributed by atoms with van der Waals surface area (Å²) in [6.45, 7) is 7.26. The highest BCUT2D eigenvalue weighted by Crippen LogP contribution is 2.01. The van der Waals surface area contributed by atoms with E-state index in [4.69, 9.17) is 5.73 Å². The molecule has 0 atom stereocenters. The molecule has 0 radical (unpaired) electrons. The van der Waals surface area contributed by atoms with Crippen molar-refractivity contribution in [3.63, 3.8) is 0 Å². The minimum absolute atomic E-state index is 0.00704. The van der Waals surface area contributed by atoms with Gasteiger partial charge in [-0.3, -0.25) is 9.59 Å². The van der Waals surface area contributed by atoms with Gasteiger partial charge in [-0.25, -0.2) is 0 Å². The summed E-state index contributed by atoms with van der Waals surface area (Å²) in [5.74, 6) is -0.394. The van der Waals surface area contributed by atoms with E-state index in [1.807, 2.05) is 13.8 Å². The number of carbonyl (C=O) groups is 2. The van der Waals surface area contributed by atoms with Crippen LogP contribution < -0.4 is 16.4 Å². The number of rotatable bonds is 5. The molecule has 0 rings (SSSR count). The van der Waals surface area contributed by atoms with E-state index in [0.29, 0.717) is 0 Å². The summed E-state index contributed by atoms with van der Waals surface area (Å²) in [7, 11) is 0. The van der Waals surface area contributed by atoms with Crippen LogP contribution in [0.25, 0.3) is 0 Å². The molecule has 0 aromatic heterocycles. The molecular weight excluding hydrogens is 194 g/mol. The largest absolute Gasteiger partial charge is 0.352 e. The Hall–Kier alpha value is -1.10. The first-order valence-electron chi connectivity index (χ1n) is 5.05.